The van der Waals surface area contributed by atoms with E-state index in [9.17, 15) is 19.2 Å². The highest BCUT2D eigenvalue weighted by atomic mass is 16.7. The largest absolute Gasteiger partial charge is 0.494 e. The molecule has 1 aromatic heterocycles. The molecule has 236 valence electrons. The van der Waals surface area contributed by atoms with Crippen molar-refractivity contribution in [1.29, 1.82) is 0 Å². The fraction of sp³-hybridized carbons (Fsp3) is 0.636. The number of nitrogens with zero attached hydrogens (tertiary/aromatic N) is 3. The van der Waals surface area contributed by atoms with Gasteiger partial charge in [0.2, 0.25) is 5.91 Å². The first kappa shape index (κ1) is 32.5. The number of esters is 1. The number of unbranched alkanes of at least 4 members (excludes halogenated alkanes) is 2. The first-order valence-electron chi connectivity index (χ1n) is 16.2. The number of rotatable bonds is 15. The monoisotopic (exact) mass is 597 g/mol. The standard InChI is InChI=1S/C33H47N3O7/c1-3-34(4-2)19-11-12-20-35(24-25-14-8-6-5-7-9-15-25)30(37)16-10-13-21-41-27-17-18-28-26(22-27)23-29-31(38)36(28)43-33(40)32(39)42-29/h17-18,22-23,25H,3-16,19-21,24H2,1-2H3. The molecule has 10 heteroatoms. The van der Waals surface area contributed by atoms with Crippen LogP contribution < -0.4 is 19.9 Å². The number of amides is 1. The minimum atomic E-state index is -1.26. The van der Waals surface area contributed by atoms with Crippen LogP contribution in [0.1, 0.15) is 90.9 Å². The van der Waals surface area contributed by atoms with Crippen molar-refractivity contribution >= 4 is 28.7 Å². The maximum absolute atomic E-state index is 13.4. The van der Waals surface area contributed by atoms with Crippen LogP contribution in [0.2, 0.25) is 0 Å². The lowest BCUT2D eigenvalue weighted by molar-refractivity contribution is -0.160. The van der Waals surface area contributed by atoms with E-state index in [0.717, 1.165) is 63.1 Å². The SMILES string of the molecule is CCN(CC)CCCCN(CC1CCCCCCC1)C(=O)CCCCOc1ccc2c(c1)cc1c(=O)n2OC(=O)C(=O)O1. The van der Waals surface area contributed by atoms with Crippen molar-refractivity contribution < 1.29 is 28.7 Å². The molecule has 2 heterocycles. The molecule has 1 aliphatic carbocycles. The fourth-order valence-electron chi connectivity index (χ4n) is 6.02. The topological polar surface area (TPSA) is 107 Å². The lowest BCUT2D eigenvalue weighted by Gasteiger charge is -2.29. The van der Waals surface area contributed by atoms with Crippen LogP contribution >= 0.6 is 0 Å². The number of hydrogen-bond acceptors (Lipinski definition) is 8. The molecule has 0 unspecified atom stereocenters. The van der Waals surface area contributed by atoms with Crippen LogP contribution in [0.25, 0.3) is 10.9 Å². The molecule has 1 saturated carbocycles. The summed E-state index contributed by atoms with van der Waals surface area (Å²) < 4.78 is 11.5. The molecule has 0 N–H and O–H groups in total. The summed E-state index contributed by atoms with van der Waals surface area (Å²) in [4.78, 5) is 58.7. The fourth-order valence-corrected chi connectivity index (χ4v) is 6.02. The molecule has 4 rings (SSSR count). The Balaban J connectivity index is 1.28. The van der Waals surface area contributed by atoms with Crippen molar-refractivity contribution in [2.24, 2.45) is 5.92 Å². The molecule has 0 atom stereocenters. The number of hydrogen-bond donors (Lipinski definition) is 0. The van der Waals surface area contributed by atoms with Crippen LogP contribution in [0.4, 0.5) is 0 Å². The molecule has 0 spiro atoms. The highest BCUT2D eigenvalue weighted by Crippen LogP contribution is 2.25. The summed E-state index contributed by atoms with van der Waals surface area (Å²) in [5, 5.41) is 0.524. The average Bonchev–Trinajstić information content (AvgIpc) is 3.05. The van der Waals surface area contributed by atoms with Crippen LogP contribution in [-0.2, 0) is 14.4 Å². The van der Waals surface area contributed by atoms with Crippen LogP contribution in [0.15, 0.2) is 29.1 Å². The van der Waals surface area contributed by atoms with Crippen LogP contribution in [0.5, 0.6) is 11.5 Å². The van der Waals surface area contributed by atoms with E-state index in [0.29, 0.717) is 35.6 Å². The van der Waals surface area contributed by atoms with Crippen molar-refractivity contribution in [3.8, 4) is 11.5 Å². The molecule has 0 radical (unpaired) electrons. The number of fused-ring (bicyclic) bond motifs is 4. The lowest BCUT2D eigenvalue weighted by atomic mass is 9.90. The molecule has 10 nitrogen and oxygen atoms in total. The Labute approximate surface area is 254 Å². The molecule has 1 amide bonds. The van der Waals surface area contributed by atoms with Crippen molar-refractivity contribution in [3.63, 3.8) is 0 Å². The summed E-state index contributed by atoms with van der Waals surface area (Å²) >= 11 is 0. The summed E-state index contributed by atoms with van der Waals surface area (Å²) in [5.74, 6) is -1.37. The van der Waals surface area contributed by atoms with E-state index in [1.807, 2.05) is 0 Å². The number of ether oxygens (including phenoxy) is 2. The number of carbonyl (C=O) groups excluding carboxylic acids is 3. The van der Waals surface area contributed by atoms with Gasteiger partial charge >= 0.3 is 17.5 Å². The van der Waals surface area contributed by atoms with E-state index >= 15 is 0 Å². The van der Waals surface area contributed by atoms with Gasteiger partial charge in [-0.2, -0.15) is 0 Å². The van der Waals surface area contributed by atoms with Gasteiger partial charge in [-0.15, -0.1) is 4.73 Å². The van der Waals surface area contributed by atoms with Crippen molar-refractivity contribution in [2.45, 2.75) is 90.9 Å². The Hall–Kier alpha value is -3.40. The minimum absolute atomic E-state index is 0.246. The van der Waals surface area contributed by atoms with E-state index in [1.54, 1.807) is 18.2 Å². The summed E-state index contributed by atoms with van der Waals surface area (Å²) in [6.45, 7) is 9.76. The summed E-state index contributed by atoms with van der Waals surface area (Å²) in [5.41, 5.74) is -0.405. The smallest absolute Gasteiger partial charge is 0.442 e. The van der Waals surface area contributed by atoms with Gasteiger partial charge in [0, 0.05) is 24.9 Å². The Morgan fingerprint density at radius 3 is 2.37 bits per heavy atom. The normalized spacial score (nSPS) is 15.9. The third-order valence-electron chi connectivity index (χ3n) is 8.60. The predicted octanol–water partition coefficient (Wildman–Crippen LogP) is 4.74. The van der Waals surface area contributed by atoms with E-state index < -0.39 is 17.5 Å². The van der Waals surface area contributed by atoms with Gasteiger partial charge in [0.1, 0.15) is 5.75 Å². The number of aromatic nitrogens is 1. The molecular weight excluding hydrogens is 550 g/mol. The van der Waals surface area contributed by atoms with Gasteiger partial charge in [-0.25, -0.2) is 9.59 Å². The first-order chi connectivity index (χ1) is 20.9. The third kappa shape index (κ3) is 9.29. The third-order valence-corrected chi connectivity index (χ3v) is 8.60. The number of benzene rings is 1. The van der Waals surface area contributed by atoms with Gasteiger partial charge in [0.05, 0.1) is 12.1 Å². The predicted molar refractivity (Wildman–Crippen MR) is 164 cm³/mol. The molecule has 2 aliphatic rings. The minimum Gasteiger partial charge on any atom is -0.494 e. The van der Waals surface area contributed by atoms with Gasteiger partial charge in [0.15, 0.2) is 5.75 Å². The zero-order chi connectivity index (χ0) is 30.6. The Bertz CT molecular complexity index is 1300. The molecule has 1 aromatic carbocycles. The second-order valence-corrected chi connectivity index (χ2v) is 11.7. The van der Waals surface area contributed by atoms with Gasteiger partial charge in [-0.3, -0.25) is 9.59 Å². The molecule has 2 aromatic rings. The Kier molecular flexibility index (Phi) is 12.4. The average molecular weight is 598 g/mol. The maximum Gasteiger partial charge on any atom is 0.442 e. The Morgan fingerprint density at radius 1 is 0.907 bits per heavy atom. The van der Waals surface area contributed by atoms with E-state index in [1.165, 1.54) is 51.0 Å². The molecule has 1 aliphatic heterocycles. The molecular formula is C33H47N3O7. The summed E-state index contributed by atoms with van der Waals surface area (Å²) in [6.07, 6.45) is 13.1. The van der Waals surface area contributed by atoms with E-state index in [2.05, 4.69) is 23.6 Å². The molecule has 2 bridgehead atoms. The van der Waals surface area contributed by atoms with Crippen LogP contribution in [-0.4, -0.2) is 71.7 Å². The van der Waals surface area contributed by atoms with E-state index in [-0.39, 0.29) is 11.7 Å². The van der Waals surface area contributed by atoms with Crippen molar-refractivity contribution in [3.05, 3.63) is 34.6 Å². The summed E-state index contributed by atoms with van der Waals surface area (Å²) in [6, 6.07) is 6.36. The Morgan fingerprint density at radius 2 is 1.63 bits per heavy atom. The zero-order valence-corrected chi connectivity index (χ0v) is 25.8. The van der Waals surface area contributed by atoms with E-state index in [4.69, 9.17) is 14.3 Å². The number of pyridine rings is 1. The molecule has 0 saturated heterocycles. The molecule has 1 fully saturated rings. The second kappa shape index (κ2) is 16.4. The van der Waals surface area contributed by atoms with Crippen LogP contribution in [0.3, 0.4) is 0 Å². The lowest BCUT2D eigenvalue weighted by Crippen LogP contribution is -2.37. The molecule has 43 heavy (non-hydrogen) atoms. The second-order valence-electron chi connectivity index (χ2n) is 11.7. The first-order valence-corrected chi connectivity index (χ1v) is 16.2. The highest BCUT2D eigenvalue weighted by molar-refractivity contribution is 6.30. The number of carbonyl (C=O) groups is 3. The van der Waals surface area contributed by atoms with Gasteiger partial charge in [-0.1, -0.05) is 46.0 Å². The van der Waals surface area contributed by atoms with Crippen molar-refractivity contribution in [2.75, 3.05) is 39.3 Å². The van der Waals surface area contributed by atoms with Crippen molar-refractivity contribution in [1.82, 2.24) is 14.5 Å². The van der Waals surface area contributed by atoms with Gasteiger partial charge in [-0.05, 0) is 88.3 Å². The van der Waals surface area contributed by atoms with Gasteiger partial charge in [0.25, 0.3) is 0 Å². The highest BCUT2D eigenvalue weighted by Gasteiger charge is 2.28. The van der Waals surface area contributed by atoms with Crippen LogP contribution in [0, 0.1) is 5.92 Å². The maximum atomic E-state index is 13.4. The van der Waals surface area contributed by atoms with Gasteiger partial charge < -0.3 is 24.1 Å². The summed E-state index contributed by atoms with van der Waals surface area (Å²) in [7, 11) is 0. The zero-order valence-electron chi connectivity index (χ0n) is 25.8. The quantitative estimate of drug-likeness (QED) is 0.165.